The van der Waals surface area contributed by atoms with Crippen molar-refractivity contribution in [2.75, 3.05) is 0 Å². The Morgan fingerprint density at radius 3 is 2.25 bits per heavy atom. The first kappa shape index (κ1) is 17.1. The van der Waals surface area contributed by atoms with Crippen LogP contribution < -0.4 is 0 Å². The molecule has 2 aromatic rings. The molecule has 3 rings (SSSR count). The van der Waals surface area contributed by atoms with Crippen LogP contribution in [0.15, 0.2) is 36.4 Å². The van der Waals surface area contributed by atoms with Gasteiger partial charge in [0.15, 0.2) is 0 Å². The van der Waals surface area contributed by atoms with E-state index in [0.29, 0.717) is 5.92 Å². The van der Waals surface area contributed by atoms with Crippen molar-refractivity contribution < 1.29 is 0 Å². The lowest BCUT2D eigenvalue weighted by Crippen LogP contribution is -2.14. The van der Waals surface area contributed by atoms with Crippen molar-refractivity contribution >= 4 is 0 Å². The Morgan fingerprint density at radius 1 is 0.875 bits per heavy atom. The average molecular weight is 322 g/mol. The van der Waals surface area contributed by atoms with Gasteiger partial charge < -0.3 is 0 Å². The van der Waals surface area contributed by atoms with Gasteiger partial charge in [-0.05, 0) is 50.7 Å². The van der Waals surface area contributed by atoms with Crippen LogP contribution >= 0.6 is 0 Å². The van der Waals surface area contributed by atoms with Gasteiger partial charge in [0.1, 0.15) is 0 Å². The molecule has 1 fully saturated rings. The molecule has 0 N–H and O–H groups in total. The van der Waals surface area contributed by atoms with Gasteiger partial charge in [-0.15, -0.1) is 0 Å². The van der Waals surface area contributed by atoms with Crippen molar-refractivity contribution in [1.82, 2.24) is 10.2 Å². The maximum atomic E-state index is 4.55. The number of hydrogen-bond donors (Lipinski definition) is 0. The van der Waals surface area contributed by atoms with Crippen molar-refractivity contribution in [2.45, 2.75) is 71.1 Å². The van der Waals surface area contributed by atoms with Crippen molar-refractivity contribution in [3.05, 3.63) is 47.7 Å². The summed E-state index contributed by atoms with van der Waals surface area (Å²) in [6.07, 6.45) is 10.9. The van der Waals surface area contributed by atoms with Crippen LogP contribution in [0.5, 0.6) is 0 Å². The molecular weight excluding hydrogens is 292 g/mol. The van der Waals surface area contributed by atoms with Crippen LogP contribution in [0.3, 0.4) is 0 Å². The summed E-state index contributed by atoms with van der Waals surface area (Å²) in [4.78, 5) is 0. The molecule has 0 atom stereocenters. The largest absolute Gasteiger partial charge is 0.155 e. The molecule has 0 bridgehead atoms. The summed E-state index contributed by atoms with van der Waals surface area (Å²) in [5.74, 6) is 1.57. The van der Waals surface area contributed by atoms with Crippen molar-refractivity contribution in [3.63, 3.8) is 0 Å². The van der Waals surface area contributed by atoms with E-state index in [-0.39, 0.29) is 0 Å². The lowest BCUT2D eigenvalue weighted by molar-refractivity contribution is 0.299. The Balaban J connectivity index is 1.56. The fourth-order valence-electron chi connectivity index (χ4n) is 3.87. The fraction of sp³-hybridized carbons (Fsp3) is 0.545. The first-order chi connectivity index (χ1) is 11.8. The Morgan fingerprint density at radius 2 is 1.62 bits per heavy atom. The standard InChI is InChI=1S/C22H30N2/c1-3-4-5-6-18-9-13-20(14-10-18)22-16-15-21(23-24-22)19-11-7-17(2)8-12-19/h7-8,11-12,15-16,18,20H,3-6,9-10,13-14H2,1-2H3/t18-,20-. The van der Waals surface area contributed by atoms with Crippen molar-refractivity contribution in [2.24, 2.45) is 5.92 Å². The van der Waals surface area contributed by atoms with Gasteiger partial charge in [-0.1, -0.05) is 62.4 Å². The molecule has 1 aromatic heterocycles. The molecule has 0 spiro atoms. The van der Waals surface area contributed by atoms with Gasteiger partial charge >= 0.3 is 0 Å². The van der Waals surface area contributed by atoms with E-state index in [0.717, 1.165) is 17.2 Å². The monoisotopic (exact) mass is 322 g/mol. The average Bonchev–Trinajstić information content (AvgIpc) is 2.63. The quantitative estimate of drug-likeness (QED) is 0.583. The highest BCUT2D eigenvalue weighted by Crippen LogP contribution is 2.37. The maximum Gasteiger partial charge on any atom is 0.0929 e. The van der Waals surface area contributed by atoms with E-state index in [2.05, 4.69) is 60.4 Å². The third kappa shape index (κ3) is 4.43. The normalized spacial score (nSPS) is 20.9. The first-order valence-corrected chi connectivity index (χ1v) is 9.67. The van der Waals surface area contributed by atoms with Crippen LogP contribution in [0.25, 0.3) is 11.3 Å². The van der Waals surface area contributed by atoms with E-state index in [4.69, 9.17) is 0 Å². The summed E-state index contributed by atoms with van der Waals surface area (Å²) in [7, 11) is 0. The highest BCUT2D eigenvalue weighted by molar-refractivity contribution is 5.58. The van der Waals surface area contributed by atoms with Gasteiger partial charge in [-0.25, -0.2) is 0 Å². The molecule has 128 valence electrons. The Bertz CT molecular complexity index is 607. The molecule has 2 heteroatoms. The zero-order chi connectivity index (χ0) is 16.8. The van der Waals surface area contributed by atoms with Crippen LogP contribution in [0.1, 0.15) is 75.5 Å². The molecule has 0 radical (unpaired) electrons. The van der Waals surface area contributed by atoms with Gasteiger partial charge in [0, 0.05) is 11.5 Å². The molecule has 1 heterocycles. The second-order valence-corrected chi connectivity index (χ2v) is 7.42. The summed E-state index contributed by atoms with van der Waals surface area (Å²) < 4.78 is 0. The minimum absolute atomic E-state index is 0.618. The SMILES string of the molecule is CCCCC[C@H]1CC[C@H](c2ccc(-c3ccc(C)cc3)nn2)CC1. The zero-order valence-corrected chi connectivity index (χ0v) is 15.2. The Kier molecular flexibility index (Phi) is 6.01. The van der Waals surface area contributed by atoms with Crippen LogP contribution in [0, 0.1) is 12.8 Å². The summed E-state index contributed by atoms with van der Waals surface area (Å²) in [6.45, 7) is 4.40. The summed E-state index contributed by atoms with van der Waals surface area (Å²) in [6, 6.07) is 12.8. The molecule has 1 saturated carbocycles. The van der Waals surface area contributed by atoms with Crippen LogP contribution in [0.4, 0.5) is 0 Å². The highest BCUT2D eigenvalue weighted by atomic mass is 15.1. The van der Waals surface area contributed by atoms with Gasteiger partial charge in [0.25, 0.3) is 0 Å². The summed E-state index contributed by atoms with van der Waals surface area (Å²) in [5.41, 5.74) is 4.60. The third-order valence-electron chi connectivity index (χ3n) is 5.51. The minimum atomic E-state index is 0.618. The lowest BCUT2D eigenvalue weighted by Gasteiger charge is -2.28. The topological polar surface area (TPSA) is 25.8 Å². The molecule has 0 amide bonds. The number of aryl methyl sites for hydroxylation is 1. The molecule has 0 saturated heterocycles. The molecule has 24 heavy (non-hydrogen) atoms. The lowest BCUT2D eigenvalue weighted by atomic mass is 9.78. The van der Waals surface area contributed by atoms with E-state index in [1.54, 1.807) is 0 Å². The third-order valence-corrected chi connectivity index (χ3v) is 5.51. The molecule has 1 aliphatic carbocycles. The van der Waals surface area contributed by atoms with Gasteiger partial charge in [0.05, 0.1) is 11.4 Å². The predicted octanol–water partition coefficient (Wildman–Crippen LogP) is 6.31. The van der Waals surface area contributed by atoms with E-state index < -0.39 is 0 Å². The number of hydrogen-bond acceptors (Lipinski definition) is 2. The number of nitrogens with zero attached hydrogens (tertiary/aromatic N) is 2. The zero-order valence-electron chi connectivity index (χ0n) is 15.2. The second-order valence-electron chi connectivity index (χ2n) is 7.42. The summed E-state index contributed by atoms with van der Waals surface area (Å²) >= 11 is 0. The maximum absolute atomic E-state index is 4.55. The smallest absolute Gasteiger partial charge is 0.0929 e. The first-order valence-electron chi connectivity index (χ1n) is 9.67. The molecule has 1 aliphatic rings. The number of benzene rings is 1. The fourth-order valence-corrected chi connectivity index (χ4v) is 3.87. The minimum Gasteiger partial charge on any atom is -0.155 e. The van der Waals surface area contributed by atoms with Crippen LogP contribution in [0.2, 0.25) is 0 Å². The van der Waals surface area contributed by atoms with Gasteiger partial charge in [-0.3, -0.25) is 0 Å². The molecular formula is C22H30N2. The number of rotatable bonds is 6. The number of unbranched alkanes of at least 4 members (excludes halogenated alkanes) is 2. The molecule has 0 aliphatic heterocycles. The van der Waals surface area contributed by atoms with E-state index >= 15 is 0 Å². The van der Waals surface area contributed by atoms with Gasteiger partial charge in [0.2, 0.25) is 0 Å². The Labute approximate surface area is 146 Å². The summed E-state index contributed by atoms with van der Waals surface area (Å²) in [5, 5.41) is 9.04. The molecule has 1 aromatic carbocycles. The highest BCUT2D eigenvalue weighted by Gasteiger charge is 2.23. The van der Waals surface area contributed by atoms with Gasteiger partial charge in [-0.2, -0.15) is 10.2 Å². The molecule has 2 nitrogen and oxygen atoms in total. The van der Waals surface area contributed by atoms with E-state index in [9.17, 15) is 0 Å². The Hall–Kier alpha value is -1.70. The van der Waals surface area contributed by atoms with E-state index in [1.807, 2.05) is 0 Å². The second kappa shape index (κ2) is 8.41. The van der Waals surface area contributed by atoms with Crippen LogP contribution in [-0.2, 0) is 0 Å². The van der Waals surface area contributed by atoms with E-state index in [1.165, 1.54) is 62.6 Å². The molecule has 0 unspecified atom stereocenters. The number of aromatic nitrogens is 2. The van der Waals surface area contributed by atoms with Crippen molar-refractivity contribution in [1.29, 1.82) is 0 Å². The predicted molar refractivity (Wildman–Crippen MR) is 101 cm³/mol. The van der Waals surface area contributed by atoms with Crippen molar-refractivity contribution in [3.8, 4) is 11.3 Å². The van der Waals surface area contributed by atoms with Crippen LogP contribution in [-0.4, -0.2) is 10.2 Å².